The van der Waals surface area contributed by atoms with Crippen LogP contribution in [0.3, 0.4) is 0 Å². The van der Waals surface area contributed by atoms with Gasteiger partial charge in [0.1, 0.15) is 15.8 Å². The highest BCUT2D eigenvalue weighted by atomic mass is 32.2. The summed E-state index contributed by atoms with van der Waals surface area (Å²) in [5, 5.41) is 0. The first-order valence-corrected chi connectivity index (χ1v) is 7.09. The maximum absolute atomic E-state index is 12.2. The van der Waals surface area contributed by atoms with Crippen molar-refractivity contribution in [2.24, 2.45) is 0 Å². The lowest BCUT2D eigenvalue weighted by Crippen LogP contribution is -2.36. The molecule has 3 nitrogen and oxygen atoms in total. The van der Waals surface area contributed by atoms with E-state index in [0.29, 0.717) is 15.0 Å². The largest absolute Gasteiger partial charge is 0.462 e. The Kier molecular flexibility index (Phi) is 3.92. The maximum atomic E-state index is 12.2. The minimum atomic E-state index is -0.0200. The Balaban J connectivity index is 2.25. The standard InChI is InChI=1S/C13H15NO2S2/c1-4-8(2)14-12(15)11(18-13(14)17)7-10-6-5-9(3)16-10/h5-8H,4H2,1-3H3/b11-7+. The fourth-order valence-corrected chi connectivity index (χ4v) is 3.14. The van der Waals surface area contributed by atoms with E-state index in [1.807, 2.05) is 32.9 Å². The summed E-state index contributed by atoms with van der Waals surface area (Å²) in [4.78, 5) is 14.6. The van der Waals surface area contributed by atoms with Crippen LogP contribution >= 0.6 is 24.0 Å². The molecule has 0 aromatic carbocycles. The highest BCUT2D eigenvalue weighted by Crippen LogP contribution is 2.34. The quantitative estimate of drug-likeness (QED) is 0.626. The number of rotatable bonds is 3. The molecular formula is C13H15NO2S2. The van der Waals surface area contributed by atoms with Gasteiger partial charge >= 0.3 is 0 Å². The molecule has 1 aliphatic heterocycles. The number of hydrogen-bond donors (Lipinski definition) is 0. The van der Waals surface area contributed by atoms with E-state index >= 15 is 0 Å². The lowest BCUT2D eigenvalue weighted by molar-refractivity contribution is -0.123. The van der Waals surface area contributed by atoms with Crippen LogP contribution in [0.4, 0.5) is 0 Å². The van der Waals surface area contributed by atoms with E-state index in [-0.39, 0.29) is 11.9 Å². The molecule has 1 atom stereocenters. The fraction of sp³-hybridized carbons (Fsp3) is 0.385. The Bertz CT molecular complexity index is 519. The van der Waals surface area contributed by atoms with Gasteiger partial charge in [-0.1, -0.05) is 30.9 Å². The van der Waals surface area contributed by atoms with Crippen LogP contribution in [0, 0.1) is 6.92 Å². The minimum Gasteiger partial charge on any atom is -0.462 e. The predicted octanol–water partition coefficient (Wildman–Crippen LogP) is 3.59. The molecule has 2 rings (SSSR count). The molecule has 0 N–H and O–H groups in total. The molecule has 1 unspecified atom stereocenters. The van der Waals surface area contributed by atoms with Gasteiger partial charge in [0, 0.05) is 12.1 Å². The molecule has 1 aliphatic rings. The molecular weight excluding hydrogens is 266 g/mol. The van der Waals surface area contributed by atoms with Gasteiger partial charge in [0.15, 0.2) is 0 Å². The number of nitrogens with zero attached hydrogens (tertiary/aromatic N) is 1. The summed E-state index contributed by atoms with van der Waals surface area (Å²) in [5.41, 5.74) is 0. The maximum Gasteiger partial charge on any atom is 0.266 e. The molecule has 1 fully saturated rings. The topological polar surface area (TPSA) is 33.5 Å². The van der Waals surface area contributed by atoms with Gasteiger partial charge in [-0.3, -0.25) is 9.69 Å². The van der Waals surface area contributed by atoms with Crippen LogP contribution in [-0.2, 0) is 4.79 Å². The van der Waals surface area contributed by atoms with Crippen molar-refractivity contribution in [3.63, 3.8) is 0 Å². The summed E-state index contributed by atoms with van der Waals surface area (Å²) in [7, 11) is 0. The van der Waals surface area contributed by atoms with Gasteiger partial charge < -0.3 is 4.42 Å². The van der Waals surface area contributed by atoms with Gasteiger partial charge in [0.2, 0.25) is 0 Å². The van der Waals surface area contributed by atoms with E-state index in [1.165, 1.54) is 11.8 Å². The molecule has 1 saturated heterocycles. The van der Waals surface area contributed by atoms with Crippen LogP contribution in [0.1, 0.15) is 31.8 Å². The SMILES string of the molecule is CCC(C)N1C(=O)/C(=C\c2ccc(C)o2)SC1=S. The zero-order valence-electron chi connectivity index (χ0n) is 10.6. The normalized spacial score (nSPS) is 19.9. The predicted molar refractivity (Wildman–Crippen MR) is 78.2 cm³/mol. The van der Waals surface area contributed by atoms with E-state index in [4.69, 9.17) is 16.6 Å². The summed E-state index contributed by atoms with van der Waals surface area (Å²) in [6.45, 7) is 5.93. The number of carbonyl (C=O) groups excluding carboxylic acids is 1. The summed E-state index contributed by atoms with van der Waals surface area (Å²) >= 11 is 6.59. The number of furan rings is 1. The monoisotopic (exact) mass is 281 g/mol. The Morgan fingerprint density at radius 2 is 2.28 bits per heavy atom. The van der Waals surface area contributed by atoms with Crippen molar-refractivity contribution in [1.29, 1.82) is 0 Å². The van der Waals surface area contributed by atoms with Crippen molar-refractivity contribution in [1.82, 2.24) is 4.90 Å². The smallest absolute Gasteiger partial charge is 0.266 e. The van der Waals surface area contributed by atoms with Crippen molar-refractivity contribution in [3.05, 3.63) is 28.6 Å². The van der Waals surface area contributed by atoms with Crippen LogP contribution in [0.5, 0.6) is 0 Å². The fourth-order valence-electron chi connectivity index (χ4n) is 1.70. The van der Waals surface area contributed by atoms with Crippen LogP contribution in [0.25, 0.3) is 6.08 Å². The zero-order valence-corrected chi connectivity index (χ0v) is 12.2. The highest BCUT2D eigenvalue weighted by Gasteiger charge is 2.34. The summed E-state index contributed by atoms with van der Waals surface area (Å²) in [6, 6.07) is 3.87. The second-order valence-electron chi connectivity index (χ2n) is 4.26. The number of aryl methyl sites for hydroxylation is 1. The van der Waals surface area contributed by atoms with Crippen LogP contribution in [0.2, 0.25) is 0 Å². The lowest BCUT2D eigenvalue weighted by Gasteiger charge is -2.21. The molecule has 1 aromatic rings. The molecule has 1 amide bonds. The van der Waals surface area contributed by atoms with Crippen molar-refractivity contribution in [2.45, 2.75) is 33.2 Å². The van der Waals surface area contributed by atoms with E-state index in [9.17, 15) is 4.79 Å². The van der Waals surface area contributed by atoms with Gasteiger partial charge in [-0.2, -0.15) is 0 Å². The highest BCUT2D eigenvalue weighted by molar-refractivity contribution is 8.26. The molecule has 96 valence electrons. The van der Waals surface area contributed by atoms with Gasteiger partial charge in [0.05, 0.1) is 4.91 Å². The molecule has 0 aliphatic carbocycles. The van der Waals surface area contributed by atoms with Gasteiger partial charge in [-0.15, -0.1) is 0 Å². The molecule has 0 bridgehead atoms. The van der Waals surface area contributed by atoms with Crippen molar-refractivity contribution >= 4 is 40.3 Å². The second kappa shape index (κ2) is 5.28. The number of thiocarbonyl (C=S) groups is 1. The summed E-state index contributed by atoms with van der Waals surface area (Å²) < 4.78 is 6.08. The Morgan fingerprint density at radius 1 is 1.56 bits per heavy atom. The first-order valence-electron chi connectivity index (χ1n) is 5.86. The Morgan fingerprint density at radius 3 is 2.83 bits per heavy atom. The third kappa shape index (κ3) is 2.52. The second-order valence-corrected chi connectivity index (χ2v) is 5.93. The molecule has 18 heavy (non-hydrogen) atoms. The van der Waals surface area contributed by atoms with Crippen molar-refractivity contribution < 1.29 is 9.21 Å². The van der Waals surface area contributed by atoms with Crippen molar-refractivity contribution in [3.8, 4) is 0 Å². The first-order chi connectivity index (χ1) is 8.52. The Hall–Kier alpha value is -1.07. The van der Waals surface area contributed by atoms with Crippen LogP contribution in [-0.4, -0.2) is 21.2 Å². The lowest BCUT2D eigenvalue weighted by atomic mass is 10.2. The van der Waals surface area contributed by atoms with Gasteiger partial charge in [0.25, 0.3) is 5.91 Å². The average Bonchev–Trinajstić information content (AvgIpc) is 2.84. The minimum absolute atomic E-state index is 0.0200. The third-order valence-corrected chi connectivity index (χ3v) is 4.22. The molecule has 0 spiro atoms. The number of amides is 1. The van der Waals surface area contributed by atoms with E-state index in [0.717, 1.165) is 12.2 Å². The van der Waals surface area contributed by atoms with Gasteiger partial charge in [-0.25, -0.2) is 0 Å². The van der Waals surface area contributed by atoms with Crippen LogP contribution in [0.15, 0.2) is 21.5 Å². The molecule has 0 radical (unpaired) electrons. The third-order valence-electron chi connectivity index (χ3n) is 2.89. The van der Waals surface area contributed by atoms with Crippen molar-refractivity contribution in [2.75, 3.05) is 0 Å². The van der Waals surface area contributed by atoms with E-state index in [2.05, 4.69) is 0 Å². The van der Waals surface area contributed by atoms with E-state index < -0.39 is 0 Å². The van der Waals surface area contributed by atoms with Crippen LogP contribution < -0.4 is 0 Å². The molecule has 2 heterocycles. The Labute approximate surface area is 116 Å². The average molecular weight is 281 g/mol. The molecule has 0 saturated carbocycles. The summed E-state index contributed by atoms with van der Waals surface area (Å²) in [6.07, 6.45) is 2.65. The number of carbonyl (C=O) groups is 1. The number of thioether (sulfide) groups is 1. The molecule has 5 heteroatoms. The van der Waals surface area contributed by atoms with E-state index in [1.54, 1.807) is 11.0 Å². The zero-order chi connectivity index (χ0) is 13.3. The number of hydrogen-bond acceptors (Lipinski definition) is 4. The molecule has 1 aromatic heterocycles. The summed E-state index contributed by atoms with van der Waals surface area (Å²) in [5.74, 6) is 1.50. The van der Waals surface area contributed by atoms with Gasteiger partial charge in [-0.05, 0) is 32.4 Å². The first kappa shape index (κ1) is 13.4.